The molecule has 1 aliphatic carbocycles. The van der Waals surface area contributed by atoms with Crippen LogP contribution in [0.4, 0.5) is 0 Å². The van der Waals surface area contributed by atoms with E-state index in [0.717, 1.165) is 24.5 Å². The molecule has 1 saturated carbocycles. The van der Waals surface area contributed by atoms with Gasteiger partial charge in [0.05, 0.1) is 11.8 Å². The van der Waals surface area contributed by atoms with E-state index in [1.165, 1.54) is 32.1 Å². The fraction of sp³-hybridized carbons (Fsp3) is 0.643. The molecule has 0 saturated heterocycles. The van der Waals surface area contributed by atoms with Crippen LogP contribution in [-0.2, 0) is 0 Å². The molecule has 2 heteroatoms. The van der Waals surface area contributed by atoms with E-state index in [4.69, 9.17) is 0 Å². The Labute approximate surface area is 97.7 Å². The van der Waals surface area contributed by atoms with Crippen LogP contribution in [-0.4, -0.2) is 10.1 Å². The molecule has 0 aliphatic heterocycles. The molecule has 0 spiro atoms. The van der Waals surface area contributed by atoms with E-state index in [0.29, 0.717) is 0 Å². The Bertz CT molecular complexity index is 293. The van der Waals surface area contributed by atoms with E-state index in [-0.39, 0.29) is 6.10 Å². The van der Waals surface area contributed by atoms with Crippen LogP contribution in [0, 0.1) is 5.92 Å². The summed E-state index contributed by atoms with van der Waals surface area (Å²) in [7, 11) is 0. The zero-order chi connectivity index (χ0) is 11.2. The summed E-state index contributed by atoms with van der Waals surface area (Å²) >= 11 is 0. The SMILES string of the molecule is O[C@H](CCC1CCCCC1)c1ccccn1. The van der Waals surface area contributed by atoms with Gasteiger partial charge < -0.3 is 5.11 Å². The third-order valence-corrected chi connectivity index (χ3v) is 3.60. The monoisotopic (exact) mass is 219 g/mol. The number of nitrogens with zero attached hydrogens (tertiary/aromatic N) is 1. The standard InChI is InChI=1S/C14H21NO/c16-14(13-8-4-5-11-15-13)10-9-12-6-2-1-3-7-12/h4-5,8,11-12,14,16H,1-3,6-7,9-10H2/t14-/m1/s1. The van der Waals surface area contributed by atoms with Gasteiger partial charge >= 0.3 is 0 Å². The fourth-order valence-corrected chi connectivity index (χ4v) is 2.59. The van der Waals surface area contributed by atoms with Gasteiger partial charge in [-0.3, -0.25) is 4.98 Å². The van der Waals surface area contributed by atoms with Crippen molar-refractivity contribution in [3.8, 4) is 0 Å². The number of hydrogen-bond acceptors (Lipinski definition) is 2. The molecule has 16 heavy (non-hydrogen) atoms. The molecule has 1 aromatic rings. The summed E-state index contributed by atoms with van der Waals surface area (Å²) in [5.41, 5.74) is 0.818. The lowest BCUT2D eigenvalue weighted by atomic mass is 9.85. The van der Waals surface area contributed by atoms with Crippen molar-refractivity contribution >= 4 is 0 Å². The number of hydrogen-bond donors (Lipinski definition) is 1. The van der Waals surface area contributed by atoms with E-state index in [9.17, 15) is 5.11 Å². The van der Waals surface area contributed by atoms with Crippen molar-refractivity contribution in [2.45, 2.75) is 51.0 Å². The number of aliphatic hydroxyl groups is 1. The third-order valence-electron chi connectivity index (χ3n) is 3.60. The Balaban J connectivity index is 1.77. The van der Waals surface area contributed by atoms with Gasteiger partial charge in [0.1, 0.15) is 0 Å². The molecule has 1 aromatic heterocycles. The van der Waals surface area contributed by atoms with Crippen LogP contribution in [0.15, 0.2) is 24.4 Å². The van der Waals surface area contributed by atoms with Gasteiger partial charge in [-0.05, 0) is 30.9 Å². The molecule has 88 valence electrons. The van der Waals surface area contributed by atoms with Gasteiger partial charge in [-0.25, -0.2) is 0 Å². The molecule has 2 rings (SSSR count). The van der Waals surface area contributed by atoms with Gasteiger partial charge in [-0.15, -0.1) is 0 Å². The van der Waals surface area contributed by atoms with Crippen molar-refractivity contribution in [3.63, 3.8) is 0 Å². The van der Waals surface area contributed by atoms with Crippen molar-refractivity contribution in [1.82, 2.24) is 4.98 Å². The average molecular weight is 219 g/mol. The van der Waals surface area contributed by atoms with Gasteiger partial charge in [0, 0.05) is 6.20 Å². The summed E-state index contributed by atoms with van der Waals surface area (Å²) in [4.78, 5) is 4.19. The fourth-order valence-electron chi connectivity index (χ4n) is 2.59. The smallest absolute Gasteiger partial charge is 0.0959 e. The third kappa shape index (κ3) is 3.31. The summed E-state index contributed by atoms with van der Waals surface area (Å²) in [6.45, 7) is 0. The lowest BCUT2D eigenvalue weighted by molar-refractivity contribution is 0.147. The average Bonchev–Trinajstić information content (AvgIpc) is 2.38. The molecule has 1 N–H and O–H groups in total. The number of aromatic nitrogens is 1. The highest BCUT2D eigenvalue weighted by molar-refractivity contribution is 5.06. The molecule has 0 radical (unpaired) electrons. The number of rotatable bonds is 4. The van der Waals surface area contributed by atoms with E-state index in [1.807, 2.05) is 18.2 Å². The van der Waals surface area contributed by atoms with Gasteiger partial charge in [-0.1, -0.05) is 38.2 Å². The highest BCUT2D eigenvalue weighted by Gasteiger charge is 2.16. The maximum atomic E-state index is 9.99. The largest absolute Gasteiger partial charge is 0.387 e. The molecule has 0 bridgehead atoms. The van der Waals surface area contributed by atoms with Crippen LogP contribution in [0.2, 0.25) is 0 Å². The van der Waals surface area contributed by atoms with Crippen LogP contribution in [0.25, 0.3) is 0 Å². The quantitative estimate of drug-likeness (QED) is 0.841. The zero-order valence-corrected chi connectivity index (χ0v) is 9.81. The maximum absolute atomic E-state index is 9.99. The van der Waals surface area contributed by atoms with Crippen molar-refractivity contribution < 1.29 is 5.11 Å². The molecule has 0 aromatic carbocycles. The van der Waals surface area contributed by atoms with Crippen molar-refractivity contribution in [3.05, 3.63) is 30.1 Å². The first kappa shape index (κ1) is 11.6. The zero-order valence-electron chi connectivity index (χ0n) is 9.81. The summed E-state index contributed by atoms with van der Waals surface area (Å²) in [6.07, 6.45) is 10.3. The Kier molecular flexibility index (Phi) is 4.34. The van der Waals surface area contributed by atoms with Crippen LogP contribution in [0.1, 0.15) is 56.7 Å². The van der Waals surface area contributed by atoms with Gasteiger partial charge in [0.25, 0.3) is 0 Å². The predicted molar refractivity (Wildman–Crippen MR) is 65.0 cm³/mol. The van der Waals surface area contributed by atoms with Crippen molar-refractivity contribution in [1.29, 1.82) is 0 Å². The molecule has 1 heterocycles. The van der Waals surface area contributed by atoms with Crippen LogP contribution >= 0.6 is 0 Å². The first-order valence-corrected chi connectivity index (χ1v) is 6.45. The Morgan fingerprint density at radius 3 is 2.75 bits per heavy atom. The first-order chi connectivity index (χ1) is 7.86. The topological polar surface area (TPSA) is 33.1 Å². The minimum Gasteiger partial charge on any atom is -0.387 e. The highest BCUT2D eigenvalue weighted by Crippen LogP contribution is 2.29. The van der Waals surface area contributed by atoms with E-state index < -0.39 is 0 Å². The molecule has 0 amide bonds. The normalized spacial score (nSPS) is 19.6. The molecule has 0 unspecified atom stereocenters. The second-order valence-corrected chi connectivity index (χ2v) is 4.85. The van der Waals surface area contributed by atoms with Gasteiger partial charge in [-0.2, -0.15) is 0 Å². The highest BCUT2D eigenvalue weighted by atomic mass is 16.3. The van der Waals surface area contributed by atoms with Crippen LogP contribution in [0.3, 0.4) is 0 Å². The molecule has 2 nitrogen and oxygen atoms in total. The summed E-state index contributed by atoms with van der Waals surface area (Å²) in [5, 5.41) is 9.99. The van der Waals surface area contributed by atoms with Crippen LogP contribution < -0.4 is 0 Å². The van der Waals surface area contributed by atoms with Gasteiger partial charge in [0.15, 0.2) is 0 Å². The molecule has 1 aliphatic rings. The number of aliphatic hydroxyl groups excluding tert-OH is 1. The predicted octanol–water partition coefficient (Wildman–Crippen LogP) is 3.48. The second-order valence-electron chi connectivity index (χ2n) is 4.85. The summed E-state index contributed by atoms with van der Waals surface area (Å²) in [5.74, 6) is 0.840. The Morgan fingerprint density at radius 2 is 2.06 bits per heavy atom. The van der Waals surface area contributed by atoms with E-state index >= 15 is 0 Å². The van der Waals surface area contributed by atoms with Crippen LogP contribution in [0.5, 0.6) is 0 Å². The molecular weight excluding hydrogens is 198 g/mol. The van der Waals surface area contributed by atoms with Crippen molar-refractivity contribution in [2.75, 3.05) is 0 Å². The molecule has 1 atom stereocenters. The lowest BCUT2D eigenvalue weighted by Gasteiger charge is -2.22. The minimum absolute atomic E-state index is 0.372. The van der Waals surface area contributed by atoms with E-state index in [1.54, 1.807) is 6.20 Å². The molecule has 1 fully saturated rings. The van der Waals surface area contributed by atoms with E-state index in [2.05, 4.69) is 4.98 Å². The maximum Gasteiger partial charge on any atom is 0.0959 e. The second kappa shape index (κ2) is 6.00. The Hall–Kier alpha value is -0.890. The van der Waals surface area contributed by atoms with Gasteiger partial charge in [0.2, 0.25) is 0 Å². The summed E-state index contributed by atoms with van der Waals surface area (Å²) in [6, 6.07) is 5.73. The van der Waals surface area contributed by atoms with Crippen molar-refractivity contribution in [2.24, 2.45) is 5.92 Å². The summed E-state index contributed by atoms with van der Waals surface area (Å²) < 4.78 is 0. The Morgan fingerprint density at radius 1 is 1.25 bits per heavy atom. The minimum atomic E-state index is -0.372. The number of pyridine rings is 1. The lowest BCUT2D eigenvalue weighted by Crippen LogP contribution is -2.09. The first-order valence-electron chi connectivity index (χ1n) is 6.45. The molecular formula is C14H21NO.